The van der Waals surface area contributed by atoms with Crippen molar-refractivity contribution in [2.45, 2.75) is 0 Å². The van der Waals surface area contributed by atoms with E-state index in [2.05, 4.69) is 4.99 Å². The van der Waals surface area contributed by atoms with Gasteiger partial charge in [0.05, 0.1) is 4.92 Å². The Kier molecular flexibility index (Phi) is 4.17. The lowest BCUT2D eigenvalue weighted by Gasteiger charge is -1.98. The molecule has 0 atom stereocenters. The quantitative estimate of drug-likeness (QED) is 0.356. The van der Waals surface area contributed by atoms with Gasteiger partial charge in [-0.2, -0.15) is 10.5 Å². The number of aliphatic imine (C=N–C) groups is 1. The Morgan fingerprint density at radius 1 is 1.47 bits per heavy atom. The minimum absolute atomic E-state index is 0.0349. The first-order chi connectivity index (χ1) is 8.99. The molecule has 0 radical (unpaired) electrons. The van der Waals surface area contributed by atoms with Gasteiger partial charge in [0.25, 0.3) is 5.69 Å². The minimum Gasteiger partial charge on any atom is -0.507 e. The highest BCUT2D eigenvalue weighted by Gasteiger charge is 2.09. The molecule has 0 fully saturated rings. The Bertz CT molecular complexity index is 664. The number of allylic oxidation sites excluding steroid dienone is 2. The van der Waals surface area contributed by atoms with Crippen molar-refractivity contribution < 1.29 is 10.0 Å². The van der Waals surface area contributed by atoms with Crippen molar-refractivity contribution >= 4 is 11.9 Å². The fourth-order valence-electron chi connectivity index (χ4n) is 1.10. The summed E-state index contributed by atoms with van der Waals surface area (Å²) in [5.41, 5.74) is 4.29. The molecule has 0 unspecified atom stereocenters. The zero-order valence-electron chi connectivity index (χ0n) is 9.44. The van der Waals surface area contributed by atoms with Crippen LogP contribution in [0.2, 0.25) is 0 Å². The smallest absolute Gasteiger partial charge is 0.270 e. The van der Waals surface area contributed by atoms with E-state index in [9.17, 15) is 15.2 Å². The lowest BCUT2D eigenvalue weighted by Crippen LogP contribution is -1.98. The predicted octanol–water partition coefficient (Wildman–Crippen LogP) is 0.937. The first-order valence-corrected chi connectivity index (χ1v) is 4.81. The van der Waals surface area contributed by atoms with Gasteiger partial charge in [0.1, 0.15) is 23.6 Å². The Morgan fingerprint density at radius 2 is 2.16 bits per heavy atom. The largest absolute Gasteiger partial charge is 0.507 e. The highest BCUT2D eigenvalue weighted by molar-refractivity contribution is 5.85. The number of rotatable bonds is 3. The van der Waals surface area contributed by atoms with Gasteiger partial charge in [-0.05, 0) is 6.07 Å². The molecule has 8 nitrogen and oxygen atoms in total. The van der Waals surface area contributed by atoms with Crippen LogP contribution in [-0.4, -0.2) is 16.2 Å². The molecule has 0 saturated heterocycles. The zero-order valence-corrected chi connectivity index (χ0v) is 9.44. The first kappa shape index (κ1) is 13.7. The van der Waals surface area contributed by atoms with E-state index in [0.717, 1.165) is 24.4 Å². The van der Waals surface area contributed by atoms with Gasteiger partial charge < -0.3 is 10.8 Å². The van der Waals surface area contributed by atoms with Crippen LogP contribution < -0.4 is 5.73 Å². The maximum absolute atomic E-state index is 10.6. The van der Waals surface area contributed by atoms with Crippen molar-refractivity contribution in [1.29, 1.82) is 10.5 Å². The van der Waals surface area contributed by atoms with Gasteiger partial charge in [0, 0.05) is 23.9 Å². The molecule has 94 valence electrons. The molecule has 0 saturated carbocycles. The van der Waals surface area contributed by atoms with Crippen LogP contribution in [0.3, 0.4) is 0 Å². The first-order valence-electron chi connectivity index (χ1n) is 4.81. The van der Waals surface area contributed by atoms with Crippen LogP contribution in [0.1, 0.15) is 5.56 Å². The van der Waals surface area contributed by atoms with Crippen molar-refractivity contribution in [3.05, 3.63) is 45.3 Å². The van der Waals surface area contributed by atoms with E-state index in [1.807, 2.05) is 0 Å². The normalized spacial score (nSPS) is 11.5. The van der Waals surface area contributed by atoms with Gasteiger partial charge in [-0.1, -0.05) is 0 Å². The summed E-state index contributed by atoms with van der Waals surface area (Å²) in [6.45, 7) is 0. The van der Waals surface area contributed by atoms with Gasteiger partial charge in [-0.15, -0.1) is 0 Å². The summed E-state index contributed by atoms with van der Waals surface area (Å²) in [4.78, 5) is 13.5. The third-order valence-corrected chi connectivity index (χ3v) is 2.04. The topological polar surface area (TPSA) is 149 Å². The molecule has 1 rings (SSSR count). The summed E-state index contributed by atoms with van der Waals surface area (Å²) in [5, 5.41) is 37.3. The second-order valence-electron chi connectivity index (χ2n) is 3.24. The monoisotopic (exact) mass is 257 g/mol. The summed E-state index contributed by atoms with van der Waals surface area (Å²) in [7, 11) is 0. The predicted molar refractivity (Wildman–Crippen MR) is 64.8 cm³/mol. The molecule has 0 spiro atoms. The number of nitriles is 2. The second kappa shape index (κ2) is 5.80. The molecule has 1 aromatic carbocycles. The number of phenolic OH excluding ortho intramolecular Hbond substituents is 1. The van der Waals surface area contributed by atoms with Gasteiger partial charge >= 0.3 is 0 Å². The number of nitrogens with zero attached hydrogens (tertiary/aromatic N) is 4. The zero-order chi connectivity index (χ0) is 14.4. The summed E-state index contributed by atoms with van der Waals surface area (Å²) in [5.74, 6) is -0.248. The summed E-state index contributed by atoms with van der Waals surface area (Å²) in [6, 6.07) is 6.48. The van der Waals surface area contributed by atoms with Gasteiger partial charge in [-0.25, -0.2) is 4.99 Å². The molecule has 8 heteroatoms. The molecule has 0 bridgehead atoms. The van der Waals surface area contributed by atoms with Crippen LogP contribution in [0.5, 0.6) is 5.75 Å². The maximum atomic E-state index is 10.6. The molecule has 0 aromatic heterocycles. The average Bonchev–Trinajstić information content (AvgIpc) is 2.40. The molecule has 19 heavy (non-hydrogen) atoms. The van der Waals surface area contributed by atoms with Crippen molar-refractivity contribution in [3.63, 3.8) is 0 Å². The highest BCUT2D eigenvalue weighted by atomic mass is 16.6. The lowest BCUT2D eigenvalue weighted by atomic mass is 10.2. The molecule has 0 amide bonds. The van der Waals surface area contributed by atoms with Crippen molar-refractivity contribution in [2.75, 3.05) is 0 Å². The van der Waals surface area contributed by atoms with Crippen molar-refractivity contribution in [3.8, 4) is 17.9 Å². The number of hydrogen-bond donors (Lipinski definition) is 2. The van der Waals surface area contributed by atoms with E-state index in [1.54, 1.807) is 12.1 Å². The van der Waals surface area contributed by atoms with E-state index in [-0.39, 0.29) is 28.4 Å². The molecule has 0 aliphatic carbocycles. The minimum atomic E-state index is -0.637. The molecule has 1 aromatic rings. The molecular weight excluding hydrogens is 250 g/mol. The number of nitro benzene ring substituents is 1. The Balaban J connectivity index is 3.20. The van der Waals surface area contributed by atoms with Gasteiger partial charge in [0.15, 0.2) is 5.70 Å². The van der Waals surface area contributed by atoms with E-state index in [4.69, 9.17) is 16.3 Å². The summed E-state index contributed by atoms with van der Waals surface area (Å²) >= 11 is 0. The third kappa shape index (κ3) is 3.28. The number of hydrogen-bond acceptors (Lipinski definition) is 7. The molecule has 0 aliphatic rings. The SMILES string of the molecule is N#CC(N)=C(C#N)N=Cc1cc([N+](=O)[O-])ccc1O. The number of non-ortho nitro benzene ring substituents is 1. The number of phenols is 1. The van der Waals surface area contributed by atoms with E-state index in [0.29, 0.717) is 0 Å². The number of nitrogens with two attached hydrogens (primary N) is 1. The van der Waals surface area contributed by atoms with Crippen LogP contribution in [0.15, 0.2) is 34.6 Å². The van der Waals surface area contributed by atoms with E-state index in [1.165, 1.54) is 0 Å². The molecule has 0 heterocycles. The number of aromatic hydroxyl groups is 1. The molecule has 0 aliphatic heterocycles. The Morgan fingerprint density at radius 3 is 2.68 bits per heavy atom. The van der Waals surface area contributed by atoms with Crippen LogP contribution in [0.25, 0.3) is 0 Å². The van der Waals surface area contributed by atoms with Gasteiger partial charge in [-0.3, -0.25) is 10.1 Å². The van der Waals surface area contributed by atoms with Gasteiger partial charge in [0.2, 0.25) is 0 Å². The summed E-state index contributed by atoms with van der Waals surface area (Å²) in [6.07, 6.45) is 1.02. The Labute approximate surface area is 107 Å². The number of nitro groups is 1. The van der Waals surface area contributed by atoms with E-state index < -0.39 is 4.92 Å². The lowest BCUT2D eigenvalue weighted by molar-refractivity contribution is -0.384. The second-order valence-corrected chi connectivity index (χ2v) is 3.24. The number of benzene rings is 1. The standard InChI is InChI=1S/C11H7N5O3/c12-4-9(14)10(5-13)15-6-7-3-8(16(18)19)1-2-11(7)17/h1-3,6,17H,14H2. The maximum Gasteiger partial charge on any atom is 0.270 e. The summed E-state index contributed by atoms with van der Waals surface area (Å²) < 4.78 is 0. The Hall–Kier alpha value is -3.39. The molecule has 3 N–H and O–H groups in total. The third-order valence-electron chi connectivity index (χ3n) is 2.04. The van der Waals surface area contributed by atoms with Crippen molar-refractivity contribution in [1.82, 2.24) is 0 Å². The van der Waals surface area contributed by atoms with Crippen LogP contribution in [0, 0.1) is 32.8 Å². The highest BCUT2D eigenvalue weighted by Crippen LogP contribution is 2.21. The molecular formula is C11H7N5O3. The fourth-order valence-corrected chi connectivity index (χ4v) is 1.10. The van der Waals surface area contributed by atoms with Crippen LogP contribution >= 0.6 is 0 Å². The van der Waals surface area contributed by atoms with Crippen LogP contribution in [-0.2, 0) is 0 Å². The fraction of sp³-hybridized carbons (Fsp3) is 0. The van der Waals surface area contributed by atoms with E-state index >= 15 is 0 Å². The average molecular weight is 257 g/mol. The van der Waals surface area contributed by atoms with Crippen LogP contribution in [0.4, 0.5) is 5.69 Å². The van der Waals surface area contributed by atoms with Crippen molar-refractivity contribution in [2.24, 2.45) is 10.7 Å².